The Morgan fingerprint density at radius 1 is 0.226 bits per heavy atom. The van der Waals surface area contributed by atoms with Crippen LogP contribution in [0.1, 0.15) is 0 Å². The van der Waals surface area contributed by atoms with Crippen molar-refractivity contribution in [3.05, 3.63) is 261 Å². The van der Waals surface area contributed by atoms with Gasteiger partial charge in [0.25, 0.3) is 0 Å². The molecule has 0 atom stereocenters. The summed E-state index contributed by atoms with van der Waals surface area (Å²) in [6.45, 7) is 0. The van der Waals surface area contributed by atoms with Gasteiger partial charge in [0.2, 0.25) is 0 Å². The molecule has 0 unspecified atom stereocenters. The van der Waals surface area contributed by atoms with Crippen LogP contribution in [0.3, 0.4) is 0 Å². The number of anilines is 3. The lowest BCUT2D eigenvalue weighted by Gasteiger charge is -2.31. The van der Waals surface area contributed by atoms with Gasteiger partial charge in [0.15, 0.2) is 8.07 Å². The predicted octanol–water partition coefficient (Wildman–Crippen LogP) is 13.2. The molecule has 10 aromatic carbocycles. The number of hydrogen-bond acceptors (Lipinski definition) is 1. The van der Waals surface area contributed by atoms with Gasteiger partial charge in [-0.15, -0.1) is 0 Å². The fraction of sp³-hybridized carbons (Fsp3) is 0. The maximum atomic E-state index is 2.44. The van der Waals surface area contributed by atoms with E-state index in [1.165, 1.54) is 76.4 Å². The van der Waals surface area contributed by atoms with E-state index in [1.54, 1.807) is 0 Å². The van der Waals surface area contributed by atoms with E-state index in [4.69, 9.17) is 0 Å². The molecule has 11 rings (SSSR count). The van der Waals surface area contributed by atoms with Crippen LogP contribution in [-0.2, 0) is 0 Å². The predicted molar refractivity (Wildman–Crippen MR) is 265 cm³/mol. The largest absolute Gasteiger partial charge is 0.311 e. The molecule has 2 heteroatoms. The molecule has 0 saturated carbocycles. The summed E-state index contributed by atoms with van der Waals surface area (Å²) in [5, 5.41) is 5.75. The van der Waals surface area contributed by atoms with Crippen molar-refractivity contribution in [3.63, 3.8) is 0 Å². The van der Waals surface area contributed by atoms with Gasteiger partial charge in [-0.25, -0.2) is 0 Å². The first-order chi connectivity index (χ1) is 30.7. The van der Waals surface area contributed by atoms with Crippen molar-refractivity contribution >= 4 is 45.9 Å². The van der Waals surface area contributed by atoms with Crippen molar-refractivity contribution in [2.45, 2.75) is 0 Å². The van der Waals surface area contributed by atoms with Crippen LogP contribution >= 0.6 is 0 Å². The average molecular weight is 806 g/mol. The Morgan fingerprint density at radius 3 is 1.06 bits per heavy atom. The molecule has 0 bridgehead atoms. The standard InChI is InChI=1S/C60H43NSi/c1-5-16-44(17-6-1)46-28-35-52(36-29-46)61(53-37-30-47(31-38-53)50-21-15-20-49(42-50)45-18-7-2-8-19-45)54-39-32-48(33-40-54)51-34-41-60-58(43-51)57-26-13-14-27-59(57)62(60,55-22-9-3-10-23-55)56-24-11-4-12-25-56/h1-43H. The highest BCUT2D eigenvalue weighted by molar-refractivity contribution is 7.22. The molecule has 1 heterocycles. The monoisotopic (exact) mass is 805 g/mol. The summed E-state index contributed by atoms with van der Waals surface area (Å²) in [7, 11) is -2.53. The third-order valence-electron chi connectivity index (χ3n) is 12.6. The van der Waals surface area contributed by atoms with Gasteiger partial charge < -0.3 is 4.90 Å². The normalized spacial score (nSPS) is 12.3. The van der Waals surface area contributed by atoms with Gasteiger partial charge in [-0.1, -0.05) is 212 Å². The molecule has 0 aliphatic carbocycles. The van der Waals surface area contributed by atoms with Crippen LogP contribution in [0.15, 0.2) is 261 Å². The fourth-order valence-corrected chi connectivity index (χ4v) is 14.8. The minimum absolute atomic E-state index is 1.10. The SMILES string of the molecule is c1ccc(-c2ccc(N(c3ccc(-c4cccc(-c5ccccc5)c4)cc3)c3ccc(-c4ccc5c(c4)-c4ccccc4[Si]5(c4ccccc4)c4ccccc4)cc3)cc2)cc1. The van der Waals surface area contributed by atoms with Crippen molar-refractivity contribution in [2.24, 2.45) is 0 Å². The molecule has 62 heavy (non-hydrogen) atoms. The Hall–Kier alpha value is -7.78. The first-order valence-corrected chi connectivity index (χ1v) is 23.4. The van der Waals surface area contributed by atoms with Crippen LogP contribution in [0.2, 0.25) is 0 Å². The molecule has 10 aromatic rings. The maximum Gasteiger partial charge on any atom is 0.180 e. The van der Waals surface area contributed by atoms with Crippen LogP contribution in [-0.4, -0.2) is 8.07 Å². The van der Waals surface area contributed by atoms with Crippen LogP contribution in [0.25, 0.3) is 55.6 Å². The molecule has 292 valence electrons. The zero-order valence-electron chi connectivity index (χ0n) is 34.3. The molecule has 1 aliphatic rings. The van der Waals surface area contributed by atoms with Crippen LogP contribution < -0.4 is 25.6 Å². The van der Waals surface area contributed by atoms with E-state index in [0.717, 1.165) is 17.1 Å². The number of nitrogens with zero attached hydrogens (tertiary/aromatic N) is 1. The molecule has 0 N–H and O–H groups in total. The number of hydrogen-bond donors (Lipinski definition) is 0. The van der Waals surface area contributed by atoms with Crippen molar-refractivity contribution in [1.82, 2.24) is 0 Å². The zero-order chi connectivity index (χ0) is 41.3. The van der Waals surface area contributed by atoms with Gasteiger partial charge in [-0.2, -0.15) is 0 Å². The maximum absolute atomic E-state index is 2.53. The number of rotatable bonds is 9. The smallest absolute Gasteiger partial charge is 0.180 e. The quantitative estimate of drug-likeness (QED) is 0.131. The molecule has 0 saturated heterocycles. The minimum Gasteiger partial charge on any atom is -0.311 e. The molecular weight excluding hydrogens is 763 g/mol. The second-order valence-corrected chi connectivity index (χ2v) is 19.8. The van der Waals surface area contributed by atoms with E-state index in [-0.39, 0.29) is 0 Å². The second-order valence-electron chi connectivity index (χ2n) is 16.1. The summed E-state index contributed by atoms with van der Waals surface area (Å²) >= 11 is 0. The summed E-state index contributed by atoms with van der Waals surface area (Å²) in [4.78, 5) is 2.36. The lowest BCUT2D eigenvalue weighted by atomic mass is 9.98. The van der Waals surface area contributed by atoms with Gasteiger partial charge in [0.1, 0.15) is 0 Å². The Kier molecular flexibility index (Phi) is 9.61. The van der Waals surface area contributed by atoms with Gasteiger partial charge >= 0.3 is 0 Å². The van der Waals surface area contributed by atoms with E-state index in [0.29, 0.717) is 0 Å². The second kappa shape index (κ2) is 16.0. The highest BCUT2D eigenvalue weighted by atomic mass is 28.3. The molecule has 1 aliphatic heterocycles. The molecule has 0 aromatic heterocycles. The Labute approximate surface area is 365 Å². The van der Waals surface area contributed by atoms with Crippen LogP contribution in [0.4, 0.5) is 17.1 Å². The fourth-order valence-electron chi connectivity index (χ4n) is 9.62. The van der Waals surface area contributed by atoms with Crippen molar-refractivity contribution in [1.29, 1.82) is 0 Å². The Morgan fingerprint density at radius 2 is 0.565 bits per heavy atom. The topological polar surface area (TPSA) is 3.24 Å². The summed E-state index contributed by atoms with van der Waals surface area (Å²) in [6, 6.07) is 95.8. The lowest BCUT2D eigenvalue weighted by molar-refractivity contribution is 1.28. The first-order valence-electron chi connectivity index (χ1n) is 21.4. The molecule has 0 amide bonds. The van der Waals surface area contributed by atoms with E-state index in [2.05, 4.69) is 266 Å². The van der Waals surface area contributed by atoms with Crippen molar-refractivity contribution in [2.75, 3.05) is 4.90 Å². The first kappa shape index (κ1) is 37.2. The van der Waals surface area contributed by atoms with Gasteiger partial charge in [-0.3, -0.25) is 0 Å². The zero-order valence-corrected chi connectivity index (χ0v) is 35.3. The van der Waals surface area contributed by atoms with Crippen molar-refractivity contribution < 1.29 is 0 Å². The number of benzene rings is 10. The molecular formula is C60H43NSi. The van der Waals surface area contributed by atoms with E-state index < -0.39 is 8.07 Å². The van der Waals surface area contributed by atoms with E-state index >= 15 is 0 Å². The number of fused-ring (bicyclic) bond motifs is 3. The molecule has 1 nitrogen and oxygen atoms in total. The van der Waals surface area contributed by atoms with Gasteiger partial charge in [0.05, 0.1) is 0 Å². The highest BCUT2D eigenvalue weighted by Crippen LogP contribution is 2.39. The average Bonchev–Trinajstić information content (AvgIpc) is 3.66. The third kappa shape index (κ3) is 6.59. The summed E-state index contributed by atoms with van der Waals surface area (Å²) in [6.07, 6.45) is 0. The lowest BCUT2D eigenvalue weighted by Crippen LogP contribution is -2.72. The summed E-state index contributed by atoms with van der Waals surface area (Å²) in [5.41, 5.74) is 15.6. The molecule has 0 fully saturated rings. The van der Waals surface area contributed by atoms with E-state index in [9.17, 15) is 0 Å². The van der Waals surface area contributed by atoms with E-state index in [1.807, 2.05) is 0 Å². The van der Waals surface area contributed by atoms with Crippen molar-refractivity contribution in [3.8, 4) is 55.6 Å². The highest BCUT2D eigenvalue weighted by Gasteiger charge is 2.48. The minimum atomic E-state index is -2.53. The Bertz CT molecular complexity index is 3090. The van der Waals surface area contributed by atoms with Gasteiger partial charge in [-0.05, 0) is 125 Å². The molecule has 0 radical (unpaired) electrons. The summed E-state index contributed by atoms with van der Waals surface area (Å²) in [5.74, 6) is 0. The third-order valence-corrected chi connectivity index (χ3v) is 17.5. The summed E-state index contributed by atoms with van der Waals surface area (Å²) < 4.78 is 0. The van der Waals surface area contributed by atoms with Gasteiger partial charge in [0, 0.05) is 17.1 Å². The van der Waals surface area contributed by atoms with Crippen LogP contribution in [0.5, 0.6) is 0 Å². The molecule has 0 spiro atoms. The Balaban J connectivity index is 0.972. The van der Waals surface area contributed by atoms with Crippen LogP contribution in [0, 0.1) is 0 Å².